The van der Waals surface area contributed by atoms with E-state index in [0.717, 1.165) is 17.8 Å². The molecule has 2 saturated carbocycles. The molecular weight excluding hydrogens is 204 g/mol. The van der Waals surface area contributed by atoms with Crippen LogP contribution >= 0.6 is 0 Å². The summed E-state index contributed by atoms with van der Waals surface area (Å²) in [7, 11) is 0. The Labute approximate surface area is 105 Å². The first-order valence-corrected chi connectivity index (χ1v) is 7.40. The second kappa shape index (κ2) is 4.84. The standard InChI is InChI=1S/C17H24/c1-13-5-2-3-8-17(13)16-11-9-15(10-12-16)14-6-4-7-14/h2-3,5,8,14-16H,4,6-7,9-12H2,1H3. The van der Waals surface area contributed by atoms with Crippen molar-refractivity contribution in [3.63, 3.8) is 0 Å². The molecule has 2 aliphatic carbocycles. The molecule has 0 amide bonds. The third-order valence-corrected chi connectivity index (χ3v) is 5.22. The van der Waals surface area contributed by atoms with Crippen molar-refractivity contribution >= 4 is 0 Å². The minimum atomic E-state index is 0.854. The lowest BCUT2D eigenvalue weighted by Crippen LogP contribution is -2.26. The first kappa shape index (κ1) is 11.3. The predicted molar refractivity (Wildman–Crippen MR) is 73.2 cm³/mol. The molecule has 1 aromatic carbocycles. The summed E-state index contributed by atoms with van der Waals surface area (Å²) in [6.45, 7) is 2.27. The molecule has 0 aliphatic heterocycles. The lowest BCUT2D eigenvalue weighted by molar-refractivity contribution is 0.153. The Morgan fingerprint density at radius 1 is 0.824 bits per heavy atom. The fourth-order valence-corrected chi connectivity index (χ4v) is 3.86. The molecule has 92 valence electrons. The van der Waals surface area contributed by atoms with Gasteiger partial charge in [-0.05, 0) is 61.5 Å². The molecule has 0 heterocycles. The maximum atomic E-state index is 2.35. The van der Waals surface area contributed by atoms with Crippen molar-refractivity contribution in [2.45, 2.75) is 57.8 Å². The highest BCUT2D eigenvalue weighted by Crippen LogP contribution is 2.45. The van der Waals surface area contributed by atoms with Gasteiger partial charge in [-0.25, -0.2) is 0 Å². The molecule has 17 heavy (non-hydrogen) atoms. The second-order valence-corrected chi connectivity index (χ2v) is 6.16. The van der Waals surface area contributed by atoms with E-state index in [1.807, 2.05) is 0 Å². The Kier molecular flexibility index (Phi) is 3.22. The van der Waals surface area contributed by atoms with Crippen LogP contribution in [0.25, 0.3) is 0 Å². The van der Waals surface area contributed by atoms with Crippen LogP contribution in [0.4, 0.5) is 0 Å². The summed E-state index contributed by atoms with van der Waals surface area (Å²) < 4.78 is 0. The molecule has 1 aromatic rings. The van der Waals surface area contributed by atoms with Crippen LogP contribution in [0.2, 0.25) is 0 Å². The van der Waals surface area contributed by atoms with Crippen LogP contribution in [0.15, 0.2) is 24.3 Å². The summed E-state index contributed by atoms with van der Waals surface area (Å²) >= 11 is 0. The third-order valence-electron chi connectivity index (χ3n) is 5.22. The van der Waals surface area contributed by atoms with E-state index in [1.165, 1.54) is 50.5 Å². The zero-order valence-corrected chi connectivity index (χ0v) is 11.0. The molecule has 0 saturated heterocycles. The Hall–Kier alpha value is -0.780. The van der Waals surface area contributed by atoms with Crippen LogP contribution in [-0.4, -0.2) is 0 Å². The van der Waals surface area contributed by atoms with Gasteiger partial charge in [0.2, 0.25) is 0 Å². The van der Waals surface area contributed by atoms with E-state index in [2.05, 4.69) is 31.2 Å². The number of aryl methyl sites for hydroxylation is 1. The van der Waals surface area contributed by atoms with E-state index in [0.29, 0.717) is 0 Å². The van der Waals surface area contributed by atoms with E-state index in [-0.39, 0.29) is 0 Å². The zero-order chi connectivity index (χ0) is 11.7. The lowest BCUT2D eigenvalue weighted by Gasteiger charge is -2.38. The molecule has 0 radical (unpaired) electrons. The van der Waals surface area contributed by atoms with E-state index in [1.54, 1.807) is 5.56 Å². The molecule has 0 unspecified atom stereocenters. The molecule has 3 rings (SSSR count). The summed E-state index contributed by atoms with van der Waals surface area (Å²) in [5, 5.41) is 0. The number of hydrogen-bond acceptors (Lipinski definition) is 0. The monoisotopic (exact) mass is 228 g/mol. The van der Waals surface area contributed by atoms with Crippen LogP contribution < -0.4 is 0 Å². The maximum Gasteiger partial charge on any atom is -0.0159 e. The van der Waals surface area contributed by atoms with Crippen LogP contribution in [0.3, 0.4) is 0 Å². The quantitative estimate of drug-likeness (QED) is 0.663. The molecule has 0 N–H and O–H groups in total. The fraction of sp³-hybridized carbons (Fsp3) is 0.647. The van der Waals surface area contributed by atoms with Crippen molar-refractivity contribution in [2.75, 3.05) is 0 Å². The largest absolute Gasteiger partial charge is 0.0620 e. The first-order chi connectivity index (χ1) is 8.34. The number of rotatable bonds is 2. The Morgan fingerprint density at radius 3 is 2.06 bits per heavy atom. The van der Waals surface area contributed by atoms with Gasteiger partial charge in [0.25, 0.3) is 0 Å². The van der Waals surface area contributed by atoms with E-state index < -0.39 is 0 Å². The molecule has 0 nitrogen and oxygen atoms in total. The van der Waals surface area contributed by atoms with Gasteiger partial charge in [0, 0.05) is 0 Å². The number of benzene rings is 1. The Bertz CT molecular complexity index is 367. The van der Waals surface area contributed by atoms with Gasteiger partial charge in [0.15, 0.2) is 0 Å². The van der Waals surface area contributed by atoms with Crippen molar-refractivity contribution < 1.29 is 0 Å². The van der Waals surface area contributed by atoms with Crippen molar-refractivity contribution in [3.8, 4) is 0 Å². The normalized spacial score (nSPS) is 29.9. The van der Waals surface area contributed by atoms with Crippen LogP contribution in [0.5, 0.6) is 0 Å². The van der Waals surface area contributed by atoms with Crippen molar-refractivity contribution in [3.05, 3.63) is 35.4 Å². The Balaban J connectivity index is 1.63. The van der Waals surface area contributed by atoms with Gasteiger partial charge in [0.1, 0.15) is 0 Å². The van der Waals surface area contributed by atoms with Crippen LogP contribution in [0, 0.1) is 18.8 Å². The van der Waals surface area contributed by atoms with Crippen molar-refractivity contribution in [2.24, 2.45) is 11.8 Å². The van der Waals surface area contributed by atoms with Gasteiger partial charge in [-0.3, -0.25) is 0 Å². The van der Waals surface area contributed by atoms with Crippen molar-refractivity contribution in [1.29, 1.82) is 0 Å². The highest BCUT2D eigenvalue weighted by atomic mass is 14.4. The molecule has 2 fully saturated rings. The fourth-order valence-electron chi connectivity index (χ4n) is 3.86. The molecule has 0 aromatic heterocycles. The van der Waals surface area contributed by atoms with Gasteiger partial charge in [-0.1, -0.05) is 43.5 Å². The highest BCUT2D eigenvalue weighted by Gasteiger charge is 2.31. The SMILES string of the molecule is Cc1ccccc1C1CCC(C2CCC2)CC1. The molecule has 0 atom stereocenters. The van der Waals surface area contributed by atoms with Gasteiger partial charge in [-0.15, -0.1) is 0 Å². The second-order valence-electron chi connectivity index (χ2n) is 6.16. The number of hydrogen-bond donors (Lipinski definition) is 0. The van der Waals surface area contributed by atoms with Gasteiger partial charge in [-0.2, -0.15) is 0 Å². The summed E-state index contributed by atoms with van der Waals surface area (Å²) in [6.07, 6.45) is 10.4. The minimum Gasteiger partial charge on any atom is -0.0620 e. The average Bonchev–Trinajstić information content (AvgIpc) is 2.29. The summed E-state index contributed by atoms with van der Waals surface area (Å²) in [5.41, 5.74) is 3.12. The van der Waals surface area contributed by atoms with Crippen LogP contribution in [-0.2, 0) is 0 Å². The van der Waals surface area contributed by atoms with E-state index in [4.69, 9.17) is 0 Å². The molecule has 2 aliphatic rings. The van der Waals surface area contributed by atoms with Crippen molar-refractivity contribution in [1.82, 2.24) is 0 Å². The average molecular weight is 228 g/mol. The summed E-state index contributed by atoms with van der Waals surface area (Å²) in [6, 6.07) is 9.00. The van der Waals surface area contributed by atoms with Gasteiger partial charge >= 0.3 is 0 Å². The zero-order valence-electron chi connectivity index (χ0n) is 11.0. The Morgan fingerprint density at radius 2 is 1.47 bits per heavy atom. The van der Waals surface area contributed by atoms with Gasteiger partial charge < -0.3 is 0 Å². The summed E-state index contributed by atoms with van der Waals surface area (Å²) in [5.74, 6) is 3.03. The van der Waals surface area contributed by atoms with E-state index >= 15 is 0 Å². The maximum absolute atomic E-state index is 2.35. The summed E-state index contributed by atoms with van der Waals surface area (Å²) in [4.78, 5) is 0. The topological polar surface area (TPSA) is 0 Å². The first-order valence-electron chi connectivity index (χ1n) is 7.40. The van der Waals surface area contributed by atoms with Crippen LogP contribution in [0.1, 0.15) is 62.0 Å². The minimum absolute atomic E-state index is 0.854. The molecule has 0 heteroatoms. The third kappa shape index (κ3) is 2.27. The predicted octanol–water partition coefficient (Wildman–Crippen LogP) is 5.07. The lowest BCUT2D eigenvalue weighted by atomic mass is 9.67. The van der Waals surface area contributed by atoms with E-state index in [9.17, 15) is 0 Å². The molecule has 0 bridgehead atoms. The molecular formula is C17H24. The smallest absolute Gasteiger partial charge is 0.0159 e. The highest BCUT2D eigenvalue weighted by molar-refractivity contribution is 5.29. The molecule has 0 spiro atoms. The van der Waals surface area contributed by atoms with Gasteiger partial charge in [0.05, 0.1) is 0 Å².